The molecule has 4 heterocycles. The van der Waals surface area contributed by atoms with Crippen molar-refractivity contribution in [3.8, 4) is 0 Å². The molecule has 22 atom stereocenters. The van der Waals surface area contributed by atoms with E-state index in [2.05, 4.69) is 26.8 Å². The molecule has 0 unspecified atom stereocenters. The van der Waals surface area contributed by atoms with Gasteiger partial charge in [0.25, 0.3) is 0 Å². The number of aliphatic hydroxyl groups is 7. The quantitative estimate of drug-likeness (QED) is 0.203. The van der Waals surface area contributed by atoms with Gasteiger partial charge in [-0.3, -0.25) is 0 Å². The first-order chi connectivity index (χ1) is 24.1. The zero-order chi connectivity index (χ0) is 36.4. The summed E-state index contributed by atoms with van der Waals surface area (Å²) in [6.45, 7) is 10.8. The topological polar surface area (TPSA) is 197 Å². The minimum atomic E-state index is -1.62. The molecule has 4 saturated heterocycles. The van der Waals surface area contributed by atoms with E-state index in [-0.39, 0.29) is 35.9 Å². The van der Waals surface area contributed by atoms with Crippen LogP contribution in [-0.4, -0.2) is 134 Å². The van der Waals surface area contributed by atoms with Gasteiger partial charge >= 0.3 is 0 Å². The van der Waals surface area contributed by atoms with Crippen molar-refractivity contribution in [2.45, 2.75) is 165 Å². The molecule has 3 saturated carbocycles. The number of aliphatic hydroxyl groups excluding tert-OH is 7. The van der Waals surface area contributed by atoms with Crippen LogP contribution in [0, 0.1) is 46.3 Å². The Kier molecular flexibility index (Phi) is 9.60. The maximum atomic E-state index is 11.1. The van der Waals surface area contributed by atoms with Gasteiger partial charge < -0.3 is 64.2 Å². The Morgan fingerprint density at radius 3 is 2.33 bits per heavy atom. The van der Waals surface area contributed by atoms with E-state index in [4.69, 9.17) is 28.4 Å². The summed E-state index contributed by atoms with van der Waals surface area (Å²) in [5.41, 5.74) is 0.759. The number of fused-ring (bicyclic) bond motifs is 7. The molecule has 8 aliphatic rings. The molecule has 4 aliphatic carbocycles. The van der Waals surface area contributed by atoms with Gasteiger partial charge in [0.05, 0.1) is 43.7 Å². The van der Waals surface area contributed by atoms with Crippen molar-refractivity contribution in [2.75, 3.05) is 13.2 Å². The maximum Gasteiger partial charge on any atom is 0.187 e. The van der Waals surface area contributed by atoms with Crippen molar-refractivity contribution in [1.29, 1.82) is 0 Å². The highest BCUT2D eigenvalue weighted by Crippen LogP contribution is 2.71. The van der Waals surface area contributed by atoms with E-state index < -0.39 is 84.8 Å². The largest absolute Gasteiger partial charge is 0.393 e. The second-order valence-electron chi connectivity index (χ2n) is 18.0. The van der Waals surface area contributed by atoms with Crippen LogP contribution in [-0.2, 0) is 28.4 Å². The van der Waals surface area contributed by atoms with Crippen LogP contribution in [0.5, 0.6) is 0 Å². The van der Waals surface area contributed by atoms with Crippen molar-refractivity contribution in [3.05, 3.63) is 11.6 Å². The zero-order valence-corrected chi connectivity index (χ0v) is 30.5. The van der Waals surface area contributed by atoms with Crippen molar-refractivity contribution in [3.63, 3.8) is 0 Å². The van der Waals surface area contributed by atoms with Gasteiger partial charge in [0.15, 0.2) is 18.4 Å². The van der Waals surface area contributed by atoms with E-state index >= 15 is 0 Å². The highest BCUT2D eigenvalue weighted by Gasteiger charge is 2.70. The third-order valence-electron chi connectivity index (χ3n) is 15.4. The summed E-state index contributed by atoms with van der Waals surface area (Å²) in [5, 5.41) is 75.0. The molecule has 0 aromatic rings. The van der Waals surface area contributed by atoms with Crippen molar-refractivity contribution in [1.82, 2.24) is 0 Å². The molecule has 290 valence electrons. The van der Waals surface area contributed by atoms with Gasteiger partial charge in [-0.25, -0.2) is 0 Å². The van der Waals surface area contributed by atoms with Gasteiger partial charge in [-0.05, 0) is 68.1 Å². The minimum Gasteiger partial charge on any atom is -0.393 e. The van der Waals surface area contributed by atoms with Gasteiger partial charge in [0.2, 0.25) is 0 Å². The lowest BCUT2D eigenvalue weighted by atomic mass is 9.46. The number of rotatable bonds is 4. The first-order valence-electron chi connectivity index (χ1n) is 19.4. The van der Waals surface area contributed by atoms with Crippen LogP contribution in [0.3, 0.4) is 0 Å². The van der Waals surface area contributed by atoms with E-state index in [0.29, 0.717) is 43.6 Å². The molecule has 0 bridgehead atoms. The SMILES string of the molecule is C[C@@H]1O[C@@H](O[C@H]2[C@H](O[C@@H]3C[C@H](O)CC4=CC[C@H]5[C@@H]6C[C@@H]7O[C@]8(C[C@H](O)[C@@H](C)CO8)[C@@H](C)[C@@H]7[C@@]6(C)CC[C@@H]5[C@]43C)OC[C@H](O)[C@@H]2O)[C@H](O)[C@H](O)[C@H]1O. The molecule has 7 fully saturated rings. The van der Waals surface area contributed by atoms with Crippen LogP contribution in [0.2, 0.25) is 0 Å². The van der Waals surface area contributed by atoms with E-state index in [1.807, 2.05) is 6.92 Å². The Balaban J connectivity index is 1.04. The fourth-order valence-electron chi connectivity index (χ4n) is 12.4. The Morgan fingerprint density at radius 2 is 1.59 bits per heavy atom. The second-order valence-corrected chi connectivity index (χ2v) is 18.0. The molecular weight excluding hydrogens is 664 g/mol. The maximum absolute atomic E-state index is 11.1. The predicted molar refractivity (Wildman–Crippen MR) is 178 cm³/mol. The summed E-state index contributed by atoms with van der Waals surface area (Å²) in [4.78, 5) is 0. The van der Waals surface area contributed by atoms with Crippen molar-refractivity contribution < 1.29 is 64.2 Å². The van der Waals surface area contributed by atoms with Crippen LogP contribution in [0.4, 0.5) is 0 Å². The first kappa shape index (κ1) is 37.2. The molecular formula is C38H60O13. The fraction of sp³-hybridized carbons (Fsp3) is 0.947. The molecule has 13 heteroatoms. The highest BCUT2D eigenvalue weighted by atomic mass is 16.8. The lowest BCUT2D eigenvalue weighted by Gasteiger charge is -2.60. The van der Waals surface area contributed by atoms with Gasteiger partial charge in [-0.15, -0.1) is 0 Å². The summed E-state index contributed by atoms with van der Waals surface area (Å²) >= 11 is 0. The standard InChI is InChI=1S/C38H60O13/c1-16-14-47-38(13-24(16)40)17(2)28-26(51-38)12-23-21-7-6-19-10-20(39)11-27(37(19,5)22(21)8-9-36(23,28)4)49-35-33(30(43)25(41)15-46-35)50-34-32(45)31(44)29(42)18(3)48-34/h6,16-18,20-35,39-45H,7-15H2,1-5H3/t16-,17-,18-,20+,21+,22-,23-,24-,25-,26-,27+,28-,29-,30-,31+,32+,33+,34-,35-,36-,37-,38+/m0/s1. The average molecular weight is 725 g/mol. The monoisotopic (exact) mass is 724 g/mol. The van der Waals surface area contributed by atoms with Crippen LogP contribution in [0.25, 0.3) is 0 Å². The van der Waals surface area contributed by atoms with Gasteiger partial charge in [-0.1, -0.05) is 39.3 Å². The summed E-state index contributed by atoms with van der Waals surface area (Å²) in [5.74, 6) is 0.859. The van der Waals surface area contributed by atoms with E-state index in [1.165, 1.54) is 12.5 Å². The van der Waals surface area contributed by atoms with Gasteiger partial charge in [0.1, 0.15) is 36.6 Å². The molecule has 7 N–H and O–H groups in total. The number of hydrogen-bond acceptors (Lipinski definition) is 13. The zero-order valence-electron chi connectivity index (χ0n) is 30.5. The fourth-order valence-corrected chi connectivity index (χ4v) is 12.4. The van der Waals surface area contributed by atoms with E-state index in [0.717, 1.165) is 25.7 Å². The second kappa shape index (κ2) is 13.2. The molecule has 51 heavy (non-hydrogen) atoms. The smallest absolute Gasteiger partial charge is 0.187 e. The van der Waals surface area contributed by atoms with Crippen LogP contribution in [0.15, 0.2) is 11.6 Å². The molecule has 1 spiro atoms. The summed E-state index contributed by atoms with van der Waals surface area (Å²) in [6.07, 6.45) is -5.94. The number of hydrogen-bond donors (Lipinski definition) is 7. The normalized spacial score (nSPS) is 59.8. The Morgan fingerprint density at radius 1 is 0.824 bits per heavy atom. The third kappa shape index (κ3) is 5.66. The lowest BCUT2D eigenvalue weighted by molar-refractivity contribution is -0.362. The summed E-state index contributed by atoms with van der Waals surface area (Å²) in [6, 6.07) is 0. The Labute approximate surface area is 300 Å². The van der Waals surface area contributed by atoms with Crippen LogP contribution < -0.4 is 0 Å². The number of ether oxygens (including phenoxy) is 6. The molecule has 4 aliphatic heterocycles. The molecule has 0 aromatic carbocycles. The third-order valence-corrected chi connectivity index (χ3v) is 15.4. The van der Waals surface area contributed by atoms with Crippen molar-refractivity contribution >= 4 is 0 Å². The summed E-state index contributed by atoms with van der Waals surface area (Å²) in [7, 11) is 0. The number of allylic oxidation sites excluding steroid dienone is 1. The minimum absolute atomic E-state index is 0.0418. The van der Waals surface area contributed by atoms with Gasteiger partial charge in [0, 0.05) is 30.1 Å². The van der Waals surface area contributed by atoms with E-state index in [9.17, 15) is 35.7 Å². The predicted octanol–water partition coefficient (Wildman–Crippen LogP) is 0.971. The summed E-state index contributed by atoms with van der Waals surface area (Å²) < 4.78 is 37.8. The first-order valence-corrected chi connectivity index (χ1v) is 19.4. The van der Waals surface area contributed by atoms with Crippen LogP contribution >= 0.6 is 0 Å². The molecule has 13 nitrogen and oxygen atoms in total. The van der Waals surface area contributed by atoms with Crippen LogP contribution in [0.1, 0.15) is 79.6 Å². The highest BCUT2D eigenvalue weighted by molar-refractivity contribution is 5.29. The van der Waals surface area contributed by atoms with Gasteiger partial charge in [-0.2, -0.15) is 0 Å². The van der Waals surface area contributed by atoms with E-state index in [1.54, 1.807) is 0 Å². The molecule has 0 aromatic heterocycles. The lowest BCUT2D eigenvalue weighted by Crippen LogP contribution is -2.63. The molecule has 8 rings (SSSR count). The average Bonchev–Trinajstić information content (AvgIpc) is 3.53. The Bertz CT molecular complexity index is 1330. The Hall–Kier alpha value is -0.780. The molecule has 0 radical (unpaired) electrons. The molecule has 0 amide bonds. The van der Waals surface area contributed by atoms with Crippen molar-refractivity contribution in [2.24, 2.45) is 46.3 Å².